The molecule has 0 spiro atoms. The Bertz CT molecular complexity index is 329. The second-order valence-corrected chi connectivity index (χ2v) is 5.72. The predicted octanol–water partition coefficient (Wildman–Crippen LogP) is 1.28. The molecule has 1 amide bonds. The van der Waals surface area contributed by atoms with E-state index in [9.17, 15) is 9.59 Å². The van der Waals surface area contributed by atoms with E-state index < -0.39 is 0 Å². The van der Waals surface area contributed by atoms with Gasteiger partial charge in [0.05, 0.1) is 13.0 Å². The number of nitrogens with zero attached hydrogens (tertiary/aromatic N) is 1. The van der Waals surface area contributed by atoms with Crippen LogP contribution in [0.15, 0.2) is 0 Å². The van der Waals surface area contributed by atoms with E-state index in [4.69, 9.17) is 4.74 Å². The summed E-state index contributed by atoms with van der Waals surface area (Å²) in [7, 11) is 1.36. The average Bonchev–Trinajstić information content (AvgIpc) is 2.88. The van der Waals surface area contributed by atoms with E-state index in [1.165, 1.54) is 7.11 Å². The minimum absolute atomic E-state index is 0.0194. The summed E-state index contributed by atoms with van der Waals surface area (Å²) in [6, 6.07) is 0. The summed E-state index contributed by atoms with van der Waals surface area (Å²) in [5.74, 6) is 0.481. The van der Waals surface area contributed by atoms with E-state index in [0.717, 1.165) is 19.4 Å². The van der Waals surface area contributed by atoms with Crippen LogP contribution < -0.4 is 5.32 Å². The number of nitrogens with one attached hydrogen (secondary N) is 1. The maximum absolute atomic E-state index is 12.7. The third kappa shape index (κ3) is 4.47. The summed E-state index contributed by atoms with van der Waals surface area (Å²) in [5, 5.41) is 3.24. The maximum atomic E-state index is 12.7. The Balaban J connectivity index is 2.74. The third-order valence-electron chi connectivity index (χ3n) is 4.33. The van der Waals surface area contributed by atoms with E-state index in [1.807, 2.05) is 0 Å². The van der Waals surface area contributed by atoms with E-state index in [0.29, 0.717) is 24.9 Å². The minimum Gasteiger partial charge on any atom is -0.468 e. The first-order valence-electron chi connectivity index (χ1n) is 7.59. The largest absolute Gasteiger partial charge is 0.468 e. The highest BCUT2D eigenvalue weighted by atomic mass is 16.5. The van der Waals surface area contributed by atoms with Gasteiger partial charge in [0.25, 0.3) is 0 Å². The van der Waals surface area contributed by atoms with Crippen LogP contribution in [0.1, 0.15) is 33.6 Å². The van der Waals surface area contributed by atoms with Crippen LogP contribution in [0.2, 0.25) is 0 Å². The molecule has 0 aliphatic carbocycles. The van der Waals surface area contributed by atoms with Gasteiger partial charge in [-0.25, -0.2) is 0 Å². The molecule has 0 bridgehead atoms. The maximum Gasteiger partial charge on any atom is 0.325 e. The molecule has 2 atom stereocenters. The molecule has 1 fully saturated rings. The summed E-state index contributed by atoms with van der Waals surface area (Å²) in [4.78, 5) is 25.9. The van der Waals surface area contributed by atoms with Gasteiger partial charge in [-0.05, 0) is 18.4 Å². The number of rotatable bonds is 7. The summed E-state index contributed by atoms with van der Waals surface area (Å²) >= 11 is 0. The fraction of sp³-hybridized carbons (Fsp3) is 0.867. The zero-order valence-electron chi connectivity index (χ0n) is 13.1. The monoisotopic (exact) mass is 284 g/mol. The zero-order chi connectivity index (χ0) is 15.1. The van der Waals surface area contributed by atoms with Crippen LogP contribution in [-0.4, -0.2) is 50.1 Å². The van der Waals surface area contributed by atoms with E-state index >= 15 is 0 Å². The molecule has 1 saturated heterocycles. The Morgan fingerprint density at radius 2 is 1.95 bits per heavy atom. The molecule has 0 radical (unpaired) electrons. The fourth-order valence-corrected chi connectivity index (χ4v) is 2.69. The van der Waals surface area contributed by atoms with Crippen molar-refractivity contribution in [3.8, 4) is 0 Å². The van der Waals surface area contributed by atoms with E-state index in [2.05, 4.69) is 26.1 Å². The van der Waals surface area contributed by atoms with Gasteiger partial charge in [0.2, 0.25) is 5.91 Å². The van der Waals surface area contributed by atoms with Crippen LogP contribution in [0.4, 0.5) is 0 Å². The number of methoxy groups -OCH3 is 1. The number of hydrogen-bond acceptors (Lipinski definition) is 4. The number of carbonyl (C=O) groups is 2. The van der Waals surface area contributed by atoms with Crippen molar-refractivity contribution in [1.82, 2.24) is 10.2 Å². The molecule has 1 aliphatic heterocycles. The van der Waals surface area contributed by atoms with Crippen molar-refractivity contribution in [1.29, 1.82) is 0 Å². The summed E-state index contributed by atoms with van der Waals surface area (Å²) in [6.07, 6.45) is 2.03. The number of esters is 1. The van der Waals surface area contributed by atoms with Crippen molar-refractivity contribution in [2.24, 2.45) is 17.8 Å². The normalized spacial score (nSPS) is 22.1. The van der Waals surface area contributed by atoms with Crippen LogP contribution in [0.5, 0.6) is 0 Å². The van der Waals surface area contributed by atoms with Gasteiger partial charge < -0.3 is 15.0 Å². The zero-order valence-corrected chi connectivity index (χ0v) is 13.1. The Morgan fingerprint density at radius 1 is 1.30 bits per heavy atom. The SMILES string of the molecule is CCC(CC)CN(CC(=O)OC)C(=O)C1CNCC1C. The standard InChI is InChI=1S/C15H28N2O3/c1-5-12(6-2)9-17(10-14(18)20-4)15(19)13-8-16-7-11(13)3/h11-13,16H,5-10H2,1-4H3. The molecule has 1 aliphatic rings. The lowest BCUT2D eigenvalue weighted by molar-refractivity contribution is -0.149. The van der Waals surface area contributed by atoms with Gasteiger partial charge in [-0.1, -0.05) is 33.6 Å². The van der Waals surface area contributed by atoms with Crippen LogP contribution in [-0.2, 0) is 14.3 Å². The average molecular weight is 284 g/mol. The van der Waals surface area contributed by atoms with Gasteiger partial charge in [-0.3, -0.25) is 9.59 Å². The van der Waals surface area contributed by atoms with Crippen molar-refractivity contribution in [3.63, 3.8) is 0 Å². The van der Waals surface area contributed by atoms with Crippen molar-refractivity contribution in [2.45, 2.75) is 33.6 Å². The lowest BCUT2D eigenvalue weighted by atomic mass is 9.95. The second kappa shape index (κ2) is 8.25. The number of ether oxygens (including phenoxy) is 1. The van der Waals surface area contributed by atoms with Crippen molar-refractivity contribution in [2.75, 3.05) is 33.3 Å². The third-order valence-corrected chi connectivity index (χ3v) is 4.33. The molecule has 20 heavy (non-hydrogen) atoms. The quantitative estimate of drug-likeness (QED) is 0.716. The number of carbonyl (C=O) groups excluding carboxylic acids is 2. The molecule has 1 heterocycles. The molecule has 2 unspecified atom stereocenters. The molecule has 0 saturated carbocycles. The van der Waals surface area contributed by atoms with Crippen molar-refractivity contribution in [3.05, 3.63) is 0 Å². The highest BCUT2D eigenvalue weighted by Crippen LogP contribution is 2.20. The first kappa shape index (κ1) is 17.0. The van der Waals surface area contributed by atoms with E-state index in [-0.39, 0.29) is 24.3 Å². The summed E-state index contributed by atoms with van der Waals surface area (Å²) < 4.78 is 4.72. The molecule has 116 valence electrons. The van der Waals surface area contributed by atoms with Gasteiger partial charge >= 0.3 is 5.97 Å². The lowest BCUT2D eigenvalue weighted by Gasteiger charge is -2.29. The van der Waals surface area contributed by atoms with E-state index in [1.54, 1.807) is 4.90 Å². The second-order valence-electron chi connectivity index (χ2n) is 5.72. The molecule has 0 aromatic carbocycles. The molecule has 0 aromatic rings. The molecular weight excluding hydrogens is 256 g/mol. The smallest absolute Gasteiger partial charge is 0.325 e. The molecule has 5 heteroatoms. The van der Waals surface area contributed by atoms with Gasteiger partial charge in [0.15, 0.2) is 0 Å². The van der Waals surface area contributed by atoms with Crippen LogP contribution in [0, 0.1) is 17.8 Å². The highest BCUT2D eigenvalue weighted by Gasteiger charge is 2.34. The van der Waals surface area contributed by atoms with Crippen LogP contribution in [0.3, 0.4) is 0 Å². The van der Waals surface area contributed by atoms with Gasteiger partial charge in [0, 0.05) is 13.1 Å². The lowest BCUT2D eigenvalue weighted by Crippen LogP contribution is -2.44. The first-order chi connectivity index (χ1) is 9.53. The molecular formula is C15H28N2O3. The molecule has 1 rings (SSSR count). The topological polar surface area (TPSA) is 58.6 Å². The minimum atomic E-state index is -0.345. The Kier molecular flexibility index (Phi) is 6.99. The number of amides is 1. The van der Waals surface area contributed by atoms with Gasteiger partial charge in [-0.2, -0.15) is 0 Å². The first-order valence-corrected chi connectivity index (χ1v) is 7.59. The summed E-state index contributed by atoms with van der Waals surface area (Å²) in [6.45, 7) is 8.60. The van der Waals surface area contributed by atoms with Gasteiger partial charge in [-0.15, -0.1) is 0 Å². The molecule has 1 N–H and O–H groups in total. The predicted molar refractivity (Wildman–Crippen MR) is 78.2 cm³/mol. The Labute approximate surface area is 122 Å². The Morgan fingerprint density at radius 3 is 2.40 bits per heavy atom. The molecule has 5 nitrogen and oxygen atoms in total. The Hall–Kier alpha value is -1.10. The van der Waals surface area contributed by atoms with Gasteiger partial charge in [0.1, 0.15) is 6.54 Å². The van der Waals surface area contributed by atoms with Crippen LogP contribution in [0.25, 0.3) is 0 Å². The van der Waals surface area contributed by atoms with Crippen molar-refractivity contribution < 1.29 is 14.3 Å². The van der Waals surface area contributed by atoms with Crippen molar-refractivity contribution >= 4 is 11.9 Å². The summed E-state index contributed by atoms with van der Waals surface area (Å²) in [5.41, 5.74) is 0. The highest BCUT2D eigenvalue weighted by molar-refractivity contribution is 5.84. The molecule has 0 aromatic heterocycles. The number of hydrogen-bond donors (Lipinski definition) is 1. The fourth-order valence-electron chi connectivity index (χ4n) is 2.69. The van der Waals surface area contributed by atoms with Crippen LogP contribution >= 0.6 is 0 Å².